The molecule has 0 aromatic carbocycles. The molecule has 0 aliphatic carbocycles. The smallest absolute Gasteiger partial charge is 0.297 e. The molecule has 2 atom stereocenters. The highest BCUT2D eigenvalue weighted by Crippen LogP contribution is 2.28. The number of rotatable bonds is 4. The topological polar surface area (TPSA) is 44.2 Å². The molecule has 1 saturated heterocycles. The van der Waals surface area contributed by atoms with Crippen LogP contribution < -0.4 is 0 Å². The molecule has 106 valence electrons. The van der Waals surface area contributed by atoms with E-state index in [4.69, 9.17) is 21.1 Å². The summed E-state index contributed by atoms with van der Waals surface area (Å²) in [6.45, 7) is 2.44. The van der Waals surface area contributed by atoms with Crippen molar-refractivity contribution in [2.45, 2.75) is 45.0 Å². The monoisotopic (exact) mass is 292 g/mol. The van der Waals surface area contributed by atoms with Crippen molar-refractivity contribution >= 4 is 11.6 Å². The van der Waals surface area contributed by atoms with Gasteiger partial charge in [-0.3, -0.25) is 0 Å². The van der Waals surface area contributed by atoms with Gasteiger partial charge >= 0.3 is 0 Å². The summed E-state index contributed by atoms with van der Waals surface area (Å²) in [5.74, 6) is -0.574. The second kappa shape index (κ2) is 6.54. The van der Waals surface area contributed by atoms with Crippen LogP contribution in [0, 0.1) is 0 Å². The van der Waals surface area contributed by atoms with Gasteiger partial charge in [0.05, 0.1) is 6.10 Å². The number of aromatic nitrogens is 2. The minimum atomic E-state index is -2.73. The maximum atomic E-state index is 12.4. The zero-order valence-electron chi connectivity index (χ0n) is 10.5. The van der Waals surface area contributed by atoms with E-state index in [1.165, 1.54) is 6.20 Å². The fourth-order valence-corrected chi connectivity index (χ4v) is 2.17. The third-order valence-corrected chi connectivity index (χ3v) is 3.22. The Morgan fingerprint density at radius 2 is 2.26 bits per heavy atom. The summed E-state index contributed by atoms with van der Waals surface area (Å²) in [7, 11) is 0. The summed E-state index contributed by atoms with van der Waals surface area (Å²) in [5.41, 5.74) is 0.486. The van der Waals surface area contributed by atoms with Crippen LogP contribution in [0.15, 0.2) is 6.20 Å². The zero-order chi connectivity index (χ0) is 13.8. The molecule has 0 bridgehead atoms. The first-order valence-electron chi connectivity index (χ1n) is 6.15. The van der Waals surface area contributed by atoms with Gasteiger partial charge in [-0.2, -0.15) is 0 Å². The van der Waals surface area contributed by atoms with Gasteiger partial charge in [0.15, 0.2) is 12.1 Å². The highest BCUT2D eigenvalue weighted by Gasteiger charge is 2.21. The van der Waals surface area contributed by atoms with Crippen LogP contribution in [0.2, 0.25) is 5.15 Å². The SMILES string of the molecule is CC(OC1CCCCO1)c1cnc(C(F)F)nc1Cl. The molecule has 1 aromatic heterocycles. The standard InChI is InChI=1S/C12H15ClF2N2O2/c1-7(19-9-4-2-3-5-18-9)8-6-16-12(11(14)15)17-10(8)13/h6-7,9,11H,2-5H2,1H3. The number of ether oxygens (including phenoxy) is 2. The van der Waals surface area contributed by atoms with E-state index in [1.807, 2.05) is 0 Å². The number of nitrogens with zero attached hydrogens (tertiary/aromatic N) is 2. The summed E-state index contributed by atoms with van der Waals surface area (Å²) >= 11 is 5.88. The van der Waals surface area contributed by atoms with Gasteiger partial charge in [-0.05, 0) is 26.2 Å². The third kappa shape index (κ3) is 3.81. The lowest BCUT2D eigenvalue weighted by atomic mass is 10.2. The number of hydrogen-bond acceptors (Lipinski definition) is 4. The van der Waals surface area contributed by atoms with E-state index >= 15 is 0 Å². The largest absolute Gasteiger partial charge is 0.353 e. The molecule has 0 N–H and O–H groups in total. The first-order valence-corrected chi connectivity index (χ1v) is 6.53. The molecular formula is C12H15ClF2N2O2. The highest BCUT2D eigenvalue weighted by molar-refractivity contribution is 6.30. The molecule has 4 nitrogen and oxygen atoms in total. The molecule has 1 aliphatic heterocycles. The third-order valence-electron chi connectivity index (χ3n) is 2.91. The molecule has 1 aliphatic rings. The molecule has 7 heteroatoms. The Kier molecular flexibility index (Phi) is 5.01. The van der Waals surface area contributed by atoms with Crippen molar-refractivity contribution in [2.75, 3.05) is 6.61 Å². The van der Waals surface area contributed by atoms with Crippen LogP contribution in [0.3, 0.4) is 0 Å². The minimum absolute atomic E-state index is 0.00592. The quantitative estimate of drug-likeness (QED) is 0.794. The molecule has 0 saturated carbocycles. The highest BCUT2D eigenvalue weighted by atomic mass is 35.5. The Hall–Kier alpha value is -0.850. The molecule has 19 heavy (non-hydrogen) atoms. The predicted molar refractivity (Wildman–Crippen MR) is 65.1 cm³/mol. The maximum absolute atomic E-state index is 12.4. The van der Waals surface area contributed by atoms with Crippen LogP contribution in [0.4, 0.5) is 8.78 Å². The Morgan fingerprint density at radius 1 is 1.47 bits per heavy atom. The van der Waals surface area contributed by atoms with Crippen LogP contribution in [0.25, 0.3) is 0 Å². The van der Waals surface area contributed by atoms with E-state index in [1.54, 1.807) is 6.92 Å². The summed E-state index contributed by atoms with van der Waals surface area (Å²) in [4.78, 5) is 7.16. The summed E-state index contributed by atoms with van der Waals surface area (Å²) < 4.78 is 36.0. The van der Waals surface area contributed by atoms with Gasteiger partial charge in [0.1, 0.15) is 5.15 Å². The van der Waals surface area contributed by atoms with Gasteiger partial charge in [-0.1, -0.05) is 11.6 Å². The summed E-state index contributed by atoms with van der Waals surface area (Å²) in [6, 6.07) is 0. The molecule has 0 radical (unpaired) electrons. The lowest BCUT2D eigenvalue weighted by Crippen LogP contribution is -2.23. The average molecular weight is 293 g/mol. The van der Waals surface area contributed by atoms with Gasteiger partial charge in [0.25, 0.3) is 6.43 Å². The molecule has 2 rings (SSSR count). The average Bonchev–Trinajstić information content (AvgIpc) is 2.39. The van der Waals surface area contributed by atoms with Crippen molar-refractivity contribution in [1.82, 2.24) is 9.97 Å². The molecule has 2 unspecified atom stereocenters. The first kappa shape index (κ1) is 14.6. The molecule has 1 aromatic rings. The minimum Gasteiger partial charge on any atom is -0.353 e. The first-order chi connectivity index (χ1) is 9.08. The predicted octanol–water partition coefficient (Wildman–Crippen LogP) is 3.67. The van der Waals surface area contributed by atoms with E-state index in [-0.39, 0.29) is 11.4 Å². The Bertz CT molecular complexity index is 428. The van der Waals surface area contributed by atoms with Gasteiger partial charge in [0.2, 0.25) is 0 Å². The van der Waals surface area contributed by atoms with Crippen LogP contribution in [-0.4, -0.2) is 22.9 Å². The van der Waals surface area contributed by atoms with E-state index in [9.17, 15) is 8.78 Å². The molecule has 0 spiro atoms. The van der Waals surface area contributed by atoms with Crippen molar-refractivity contribution in [2.24, 2.45) is 0 Å². The molecular weight excluding hydrogens is 278 g/mol. The normalized spacial score (nSPS) is 21.6. The number of halogens is 3. The van der Waals surface area contributed by atoms with Crippen molar-refractivity contribution in [3.05, 3.63) is 22.7 Å². The van der Waals surface area contributed by atoms with Crippen LogP contribution in [0.5, 0.6) is 0 Å². The summed E-state index contributed by atoms with van der Waals surface area (Å²) in [5, 5.41) is -0.00592. The van der Waals surface area contributed by atoms with Crippen LogP contribution >= 0.6 is 11.6 Å². The van der Waals surface area contributed by atoms with Gasteiger partial charge < -0.3 is 9.47 Å². The second-order valence-electron chi connectivity index (χ2n) is 4.35. The fraction of sp³-hybridized carbons (Fsp3) is 0.667. The van der Waals surface area contributed by atoms with Crippen molar-refractivity contribution in [1.29, 1.82) is 0 Å². The van der Waals surface area contributed by atoms with Crippen LogP contribution in [0.1, 0.15) is 50.1 Å². The zero-order valence-corrected chi connectivity index (χ0v) is 11.2. The van der Waals surface area contributed by atoms with Gasteiger partial charge in [-0.15, -0.1) is 0 Å². The fourth-order valence-electron chi connectivity index (χ4n) is 1.88. The maximum Gasteiger partial charge on any atom is 0.297 e. The number of hydrogen-bond donors (Lipinski definition) is 0. The van der Waals surface area contributed by atoms with E-state index in [2.05, 4.69) is 9.97 Å². The Balaban J connectivity index is 2.03. The summed E-state index contributed by atoms with van der Waals surface area (Å²) in [6.07, 6.45) is 0.761. The van der Waals surface area contributed by atoms with Gasteiger partial charge in [0, 0.05) is 18.4 Å². The molecule has 0 amide bonds. The lowest BCUT2D eigenvalue weighted by Gasteiger charge is -2.26. The van der Waals surface area contributed by atoms with Gasteiger partial charge in [-0.25, -0.2) is 18.7 Å². The van der Waals surface area contributed by atoms with E-state index in [0.29, 0.717) is 12.2 Å². The van der Waals surface area contributed by atoms with E-state index in [0.717, 1.165) is 19.3 Å². The van der Waals surface area contributed by atoms with Crippen LogP contribution in [-0.2, 0) is 9.47 Å². The van der Waals surface area contributed by atoms with Crippen molar-refractivity contribution < 1.29 is 18.3 Å². The Morgan fingerprint density at radius 3 is 2.84 bits per heavy atom. The Labute approximate surface area is 115 Å². The second-order valence-corrected chi connectivity index (χ2v) is 4.71. The van der Waals surface area contributed by atoms with Crippen molar-refractivity contribution in [3.8, 4) is 0 Å². The lowest BCUT2D eigenvalue weighted by molar-refractivity contribution is -0.186. The van der Waals surface area contributed by atoms with Crippen molar-refractivity contribution in [3.63, 3.8) is 0 Å². The molecule has 2 heterocycles. The molecule has 1 fully saturated rings. The van der Waals surface area contributed by atoms with E-state index < -0.39 is 18.4 Å². The number of alkyl halides is 2.